The molecular weight excluding hydrogens is 398 g/mol. The van der Waals surface area contributed by atoms with Gasteiger partial charge in [0, 0.05) is 46.9 Å². The van der Waals surface area contributed by atoms with Crippen LogP contribution in [-0.4, -0.2) is 29.5 Å². The van der Waals surface area contributed by atoms with Gasteiger partial charge in [-0.1, -0.05) is 18.2 Å². The van der Waals surface area contributed by atoms with Gasteiger partial charge in [-0.25, -0.2) is 4.98 Å². The number of thioether (sulfide) groups is 1. The van der Waals surface area contributed by atoms with Crippen molar-refractivity contribution < 1.29 is 14.3 Å². The van der Waals surface area contributed by atoms with E-state index in [9.17, 15) is 4.79 Å². The summed E-state index contributed by atoms with van der Waals surface area (Å²) in [6.45, 7) is 0. The Balaban J connectivity index is 1.51. The normalized spacial score (nSPS) is 10.7. The van der Waals surface area contributed by atoms with Crippen LogP contribution in [0.5, 0.6) is 11.5 Å². The van der Waals surface area contributed by atoms with Crippen molar-refractivity contribution in [3.63, 3.8) is 0 Å². The third kappa shape index (κ3) is 4.41. The van der Waals surface area contributed by atoms with E-state index in [2.05, 4.69) is 10.3 Å². The highest BCUT2D eigenvalue weighted by molar-refractivity contribution is 7.98. The van der Waals surface area contributed by atoms with Crippen LogP contribution in [0, 0.1) is 0 Å². The summed E-state index contributed by atoms with van der Waals surface area (Å²) in [7, 11) is 3.15. The third-order valence-electron chi connectivity index (χ3n) is 4.53. The van der Waals surface area contributed by atoms with Crippen molar-refractivity contribution in [2.45, 2.75) is 10.6 Å². The summed E-state index contributed by atoms with van der Waals surface area (Å²) in [5.41, 5.74) is 3.08. The van der Waals surface area contributed by atoms with Gasteiger partial charge in [0.05, 0.1) is 25.5 Å². The Labute approximate surface area is 178 Å². The molecule has 1 N–H and O–H groups in total. The minimum atomic E-state index is -0.191. The van der Waals surface area contributed by atoms with Crippen molar-refractivity contribution >= 4 is 29.0 Å². The number of methoxy groups -OCH3 is 2. The van der Waals surface area contributed by atoms with Gasteiger partial charge in [0.1, 0.15) is 17.1 Å². The highest BCUT2D eigenvalue weighted by Gasteiger charge is 2.14. The van der Waals surface area contributed by atoms with E-state index in [0.29, 0.717) is 28.5 Å². The summed E-state index contributed by atoms with van der Waals surface area (Å²) in [4.78, 5) is 18.5. The van der Waals surface area contributed by atoms with Crippen LogP contribution in [0.25, 0.3) is 5.65 Å². The molecule has 0 fully saturated rings. The van der Waals surface area contributed by atoms with Crippen molar-refractivity contribution in [3.05, 3.63) is 84.3 Å². The zero-order chi connectivity index (χ0) is 20.9. The number of ether oxygens (including phenoxy) is 2. The summed E-state index contributed by atoms with van der Waals surface area (Å²) in [5, 5.41) is 2.94. The molecule has 4 aromatic rings. The number of rotatable bonds is 7. The number of benzene rings is 2. The fraction of sp³-hybridized carbons (Fsp3) is 0.130. The molecule has 0 saturated heterocycles. The molecule has 0 aliphatic carbocycles. The molecule has 0 atom stereocenters. The molecule has 0 spiro atoms. The number of hydrogen-bond acceptors (Lipinski definition) is 5. The van der Waals surface area contributed by atoms with Gasteiger partial charge in [-0.05, 0) is 24.3 Å². The Morgan fingerprint density at radius 2 is 1.77 bits per heavy atom. The Kier molecular flexibility index (Phi) is 5.90. The van der Waals surface area contributed by atoms with Gasteiger partial charge in [-0.3, -0.25) is 4.79 Å². The van der Waals surface area contributed by atoms with Crippen LogP contribution < -0.4 is 14.8 Å². The maximum atomic E-state index is 13.0. The van der Waals surface area contributed by atoms with Gasteiger partial charge >= 0.3 is 0 Å². The van der Waals surface area contributed by atoms with E-state index in [1.54, 1.807) is 44.2 Å². The number of amides is 1. The second-order valence-corrected chi connectivity index (χ2v) is 7.56. The smallest absolute Gasteiger partial charge is 0.256 e. The summed E-state index contributed by atoms with van der Waals surface area (Å²) in [6, 6.07) is 18.7. The topological polar surface area (TPSA) is 64.9 Å². The lowest BCUT2D eigenvalue weighted by Crippen LogP contribution is -2.13. The Hall–Kier alpha value is -3.45. The second-order valence-electron chi connectivity index (χ2n) is 6.54. The predicted octanol–water partition coefficient (Wildman–Crippen LogP) is 4.90. The standard InChI is InChI=1S/C23H21N3O3S/c1-28-18-11-16(12-19(13-18)29-2)25-23(27)20-7-3-4-8-21(20)30-15-17-14-26-10-6-5-9-22(26)24-17/h3-14H,15H2,1-2H3,(H,25,27). The summed E-state index contributed by atoms with van der Waals surface area (Å²) >= 11 is 1.58. The maximum absolute atomic E-state index is 13.0. The van der Waals surface area contributed by atoms with Gasteiger partial charge < -0.3 is 19.2 Å². The number of nitrogens with zero attached hydrogens (tertiary/aromatic N) is 2. The Morgan fingerprint density at radius 3 is 2.50 bits per heavy atom. The summed E-state index contributed by atoms with van der Waals surface area (Å²) < 4.78 is 12.5. The van der Waals surface area contributed by atoms with Crippen molar-refractivity contribution in [3.8, 4) is 11.5 Å². The molecule has 7 heteroatoms. The van der Waals surface area contributed by atoms with Crippen LogP contribution in [0.4, 0.5) is 5.69 Å². The van der Waals surface area contributed by atoms with Crippen molar-refractivity contribution in [1.82, 2.24) is 9.38 Å². The number of carbonyl (C=O) groups is 1. The predicted molar refractivity (Wildman–Crippen MR) is 119 cm³/mol. The first-order chi connectivity index (χ1) is 14.7. The lowest BCUT2D eigenvalue weighted by atomic mass is 10.2. The molecule has 0 aliphatic rings. The van der Waals surface area contributed by atoms with Gasteiger partial charge in [0.2, 0.25) is 0 Å². The van der Waals surface area contributed by atoms with E-state index in [1.165, 1.54) is 0 Å². The second kappa shape index (κ2) is 8.92. The minimum Gasteiger partial charge on any atom is -0.497 e. The number of pyridine rings is 1. The molecule has 0 aliphatic heterocycles. The first-order valence-electron chi connectivity index (χ1n) is 9.35. The Morgan fingerprint density at radius 1 is 1.03 bits per heavy atom. The number of anilines is 1. The van der Waals surface area contributed by atoms with Crippen LogP contribution in [-0.2, 0) is 5.75 Å². The molecule has 152 valence electrons. The lowest BCUT2D eigenvalue weighted by molar-refractivity contribution is 0.102. The molecule has 0 bridgehead atoms. The monoisotopic (exact) mass is 419 g/mol. The zero-order valence-corrected chi connectivity index (χ0v) is 17.5. The van der Waals surface area contributed by atoms with Crippen LogP contribution in [0.3, 0.4) is 0 Å². The van der Waals surface area contributed by atoms with Crippen molar-refractivity contribution in [2.75, 3.05) is 19.5 Å². The molecule has 0 radical (unpaired) electrons. The van der Waals surface area contributed by atoms with E-state index in [0.717, 1.165) is 16.2 Å². The number of imidazole rings is 1. The third-order valence-corrected chi connectivity index (χ3v) is 5.64. The molecule has 4 rings (SSSR count). The highest BCUT2D eigenvalue weighted by atomic mass is 32.2. The molecule has 0 unspecified atom stereocenters. The molecule has 6 nitrogen and oxygen atoms in total. The highest BCUT2D eigenvalue weighted by Crippen LogP contribution is 2.29. The van der Waals surface area contributed by atoms with Gasteiger partial charge in [0.25, 0.3) is 5.91 Å². The molecule has 2 heterocycles. The first-order valence-corrected chi connectivity index (χ1v) is 10.3. The number of nitrogens with one attached hydrogen (secondary N) is 1. The number of aromatic nitrogens is 2. The van der Waals surface area contributed by atoms with E-state index < -0.39 is 0 Å². The van der Waals surface area contributed by atoms with E-state index in [1.807, 2.05) is 59.3 Å². The fourth-order valence-corrected chi connectivity index (χ4v) is 4.00. The molecule has 30 heavy (non-hydrogen) atoms. The molecular formula is C23H21N3O3S. The minimum absolute atomic E-state index is 0.191. The van der Waals surface area contributed by atoms with Crippen LogP contribution in [0.2, 0.25) is 0 Å². The van der Waals surface area contributed by atoms with Crippen molar-refractivity contribution in [1.29, 1.82) is 0 Å². The quantitative estimate of drug-likeness (QED) is 0.432. The van der Waals surface area contributed by atoms with E-state index in [4.69, 9.17) is 9.47 Å². The number of fused-ring (bicyclic) bond motifs is 1. The number of hydrogen-bond donors (Lipinski definition) is 1. The van der Waals surface area contributed by atoms with Crippen LogP contribution in [0.15, 0.2) is 78.0 Å². The summed E-state index contributed by atoms with van der Waals surface area (Å²) in [5.74, 6) is 1.70. The number of carbonyl (C=O) groups excluding carboxylic acids is 1. The first kappa shape index (κ1) is 19.8. The molecule has 1 amide bonds. The van der Waals surface area contributed by atoms with Crippen LogP contribution in [0.1, 0.15) is 16.1 Å². The van der Waals surface area contributed by atoms with E-state index in [-0.39, 0.29) is 5.91 Å². The maximum Gasteiger partial charge on any atom is 0.256 e. The van der Waals surface area contributed by atoms with Gasteiger partial charge in [0.15, 0.2) is 0 Å². The SMILES string of the molecule is COc1cc(NC(=O)c2ccccc2SCc2cn3ccccc3n2)cc(OC)c1. The molecule has 2 aromatic heterocycles. The van der Waals surface area contributed by atoms with Crippen LogP contribution >= 0.6 is 11.8 Å². The van der Waals surface area contributed by atoms with E-state index >= 15 is 0 Å². The van der Waals surface area contributed by atoms with Crippen molar-refractivity contribution in [2.24, 2.45) is 0 Å². The molecule has 0 saturated carbocycles. The average molecular weight is 420 g/mol. The van der Waals surface area contributed by atoms with Gasteiger partial charge in [-0.15, -0.1) is 11.8 Å². The fourth-order valence-electron chi connectivity index (χ4n) is 3.07. The largest absolute Gasteiger partial charge is 0.497 e. The average Bonchev–Trinajstić information content (AvgIpc) is 3.20. The molecule has 2 aromatic carbocycles. The zero-order valence-electron chi connectivity index (χ0n) is 16.7. The lowest BCUT2D eigenvalue weighted by Gasteiger charge is -2.12. The van der Waals surface area contributed by atoms with Gasteiger partial charge in [-0.2, -0.15) is 0 Å². The Bertz CT molecular complexity index is 1130. The summed E-state index contributed by atoms with van der Waals surface area (Å²) in [6.07, 6.45) is 3.98.